The Hall–Kier alpha value is -0.353. The van der Waals surface area contributed by atoms with Crippen molar-refractivity contribution in [2.45, 2.75) is 109 Å². The van der Waals surface area contributed by atoms with Crippen LogP contribution in [0, 0.1) is 0 Å². The maximum absolute atomic E-state index is 11.2. The molecule has 0 fully saturated rings. The summed E-state index contributed by atoms with van der Waals surface area (Å²) >= 11 is 0. The smallest absolute Gasteiger partial charge is 0.292 e. The van der Waals surface area contributed by atoms with Crippen molar-refractivity contribution in [2.24, 2.45) is 0 Å². The molecule has 4 heteroatoms. The van der Waals surface area contributed by atoms with Gasteiger partial charge in [-0.15, -0.1) is 0 Å². The van der Waals surface area contributed by atoms with Crippen LogP contribution in [0.5, 0.6) is 0 Å². The van der Waals surface area contributed by atoms with Crippen molar-refractivity contribution in [3.05, 3.63) is 0 Å². The summed E-state index contributed by atoms with van der Waals surface area (Å²) < 4.78 is 10.1. The lowest BCUT2D eigenvalue weighted by atomic mass is 10.0. The molecule has 0 N–H and O–H groups in total. The average Bonchev–Trinajstić information content (AvgIpc) is 2.58. The van der Waals surface area contributed by atoms with Crippen molar-refractivity contribution < 1.29 is 14.0 Å². The van der Waals surface area contributed by atoms with E-state index in [2.05, 4.69) is 0 Å². The van der Waals surface area contributed by atoms with Gasteiger partial charge in [-0.2, -0.15) is 0 Å². The summed E-state index contributed by atoms with van der Waals surface area (Å²) in [6.45, 7) is 2.93. The highest BCUT2D eigenvalue weighted by Crippen LogP contribution is 2.13. The summed E-state index contributed by atoms with van der Waals surface area (Å²) in [5.41, 5.74) is 0. The number of carbonyl (C=O) groups is 1. The van der Waals surface area contributed by atoms with Crippen molar-refractivity contribution in [1.82, 2.24) is 0 Å². The summed E-state index contributed by atoms with van der Waals surface area (Å²) in [5, 5.41) is 0. The van der Waals surface area contributed by atoms with Gasteiger partial charge in [-0.05, 0) is 19.4 Å². The lowest BCUT2D eigenvalue weighted by molar-refractivity contribution is -0.134. The minimum Gasteiger partial charge on any atom is -0.525 e. The van der Waals surface area contributed by atoms with Crippen LogP contribution in [0.15, 0.2) is 0 Å². The Labute approximate surface area is 153 Å². The monoisotopic (exact) mass is 358 g/mol. The Morgan fingerprint density at radius 1 is 0.667 bits per heavy atom. The average molecular weight is 359 g/mol. The van der Waals surface area contributed by atoms with Crippen LogP contribution in [0.1, 0.15) is 103 Å². The van der Waals surface area contributed by atoms with E-state index in [9.17, 15) is 4.79 Å². The second-order valence-electron chi connectivity index (χ2n) is 6.85. The van der Waals surface area contributed by atoms with Crippen LogP contribution < -0.4 is 0 Å². The molecular weight excluding hydrogens is 316 g/mol. The third kappa shape index (κ3) is 19.7. The Morgan fingerprint density at radius 2 is 1.04 bits per heavy atom. The largest absolute Gasteiger partial charge is 0.525 e. The molecule has 0 saturated heterocycles. The lowest BCUT2D eigenvalue weighted by Gasteiger charge is -2.04. The number of hydrogen-bond donors (Lipinski definition) is 0. The summed E-state index contributed by atoms with van der Waals surface area (Å²) in [4.78, 5) is 11.2. The first-order chi connectivity index (χ1) is 11.8. The van der Waals surface area contributed by atoms with E-state index >= 15 is 0 Å². The van der Waals surface area contributed by atoms with Crippen LogP contribution in [0.25, 0.3) is 0 Å². The Morgan fingerprint density at radius 3 is 1.42 bits per heavy atom. The Kier molecular flexibility index (Phi) is 20.4. The van der Waals surface area contributed by atoms with Gasteiger partial charge < -0.3 is 9.16 Å². The number of rotatable bonds is 19. The number of methoxy groups -OCH3 is 1. The van der Waals surface area contributed by atoms with Gasteiger partial charge in [0, 0.05) is 20.1 Å². The maximum atomic E-state index is 11.2. The highest BCUT2D eigenvalue weighted by Gasteiger charge is 2.00. The highest BCUT2D eigenvalue weighted by atomic mass is 28.2. The van der Waals surface area contributed by atoms with Crippen LogP contribution in [0.2, 0.25) is 6.55 Å². The first-order valence-corrected chi connectivity index (χ1v) is 12.4. The second kappa shape index (κ2) is 20.7. The third-order valence-corrected chi connectivity index (χ3v) is 5.15. The topological polar surface area (TPSA) is 35.5 Å². The lowest BCUT2D eigenvalue weighted by Crippen LogP contribution is -2.05. The summed E-state index contributed by atoms with van der Waals surface area (Å²) in [6, 6.07) is 0. The molecule has 0 aromatic rings. The van der Waals surface area contributed by atoms with Gasteiger partial charge in [-0.1, -0.05) is 83.5 Å². The van der Waals surface area contributed by atoms with E-state index in [1.165, 1.54) is 89.9 Å². The van der Waals surface area contributed by atoms with Gasteiger partial charge in [0.1, 0.15) is 0 Å². The SMILES string of the molecule is COCCCCCCCCCCCCCCCCCC(=O)O[SiH2]C. The third-order valence-electron chi connectivity index (χ3n) is 4.53. The molecule has 0 heterocycles. The quantitative estimate of drug-likeness (QED) is 0.224. The maximum Gasteiger partial charge on any atom is 0.292 e. The molecule has 24 heavy (non-hydrogen) atoms. The molecular formula is C20H42O3Si. The number of hydrogen-bond acceptors (Lipinski definition) is 3. The van der Waals surface area contributed by atoms with E-state index in [1.807, 2.05) is 6.55 Å². The van der Waals surface area contributed by atoms with E-state index in [4.69, 9.17) is 9.16 Å². The molecule has 0 spiro atoms. The van der Waals surface area contributed by atoms with Crippen molar-refractivity contribution in [3.8, 4) is 0 Å². The molecule has 0 radical (unpaired) electrons. The predicted octanol–water partition coefficient (Wildman–Crippen LogP) is 5.55. The van der Waals surface area contributed by atoms with Crippen LogP contribution >= 0.6 is 0 Å². The van der Waals surface area contributed by atoms with Gasteiger partial charge in [0.15, 0.2) is 0 Å². The summed E-state index contributed by atoms with van der Waals surface area (Å²) in [7, 11) is 1.23. The van der Waals surface area contributed by atoms with E-state index in [0.717, 1.165) is 13.0 Å². The summed E-state index contributed by atoms with van der Waals surface area (Å²) in [5.74, 6) is 0.0270. The van der Waals surface area contributed by atoms with Crippen molar-refractivity contribution in [2.75, 3.05) is 13.7 Å². The molecule has 0 unspecified atom stereocenters. The standard InChI is InChI=1S/C20H42O3Si/c1-22-19-17-15-13-11-9-7-5-3-4-6-8-10-12-14-16-18-20(21)23-24-2/h3-19,24H2,1-2H3. The molecule has 0 aromatic carbocycles. The first kappa shape index (κ1) is 23.6. The molecule has 0 rings (SSSR count). The van der Waals surface area contributed by atoms with Crippen molar-refractivity contribution in [1.29, 1.82) is 0 Å². The van der Waals surface area contributed by atoms with Gasteiger partial charge in [0.05, 0.1) is 0 Å². The molecule has 0 bridgehead atoms. The zero-order valence-electron chi connectivity index (χ0n) is 16.5. The normalized spacial score (nSPS) is 11.4. The molecule has 3 nitrogen and oxygen atoms in total. The molecule has 144 valence electrons. The van der Waals surface area contributed by atoms with E-state index in [0.29, 0.717) is 6.42 Å². The zero-order valence-corrected chi connectivity index (χ0v) is 17.9. The fourth-order valence-corrected chi connectivity index (χ4v) is 3.51. The first-order valence-electron chi connectivity index (χ1n) is 10.5. The minimum atomic E-state index is -0.556. The van der Waals surface area contributed by atoms with Crippen LogP contribution in [-0.2, 0) is 14.0 Å². The van der Waals surface area contributed by atoms with Crippen LogP contribution in [-0.4, -0.2) is 29.4 Å². The van der Waals surface area contributed by atoms with E-state index in [-0.39, 0.29) is 5.97 Å². The number of carbonyl (C=O) groups excluding carboxylic acids is 1. The van der Waals surface area contributed by atoms with E-state index < -0.39 is 9.76 Å². The number of ether oxygens (including phenoxy) is 1. The molecule has 0 aliphatic heterocycles. The fourth-order valence-electron chi connectivity index (χ4n) is 3.05. The zero-order chi connectivity index (χ0) is 17.7. The van der Waals surface area contributed by atoms with Crippen molar-refractivity contribution >= 4 is 15.7 Å². The summed E-state index contributed by atoms with van der Waals surface area (Å²) in [6.07, 6.45) is 20.6. The highest BCUT2D eigenvalue weighted by molar-refractivity contribution is 6.28. The van der Waals surface area contributed by atoms with Gasteiger partial charge in [0.25, 0.3) is 5.97 Å². The molecule has 0 saturated carbocycles. The van der Waals surface area contributed by atoms with Gasteiger partial charge in [-0.25, -0.2) is 0 Å². The van der Waals surface area contributed by atoms with Gasteiger partial charge in [0.2, 0.25) is 9.76 Å². The van der Waals surface area contributed by atoms with Crippen molar-refractivity contribution in [3.63, 3.8) is 0 Å². The molecule has 0 amide bonds. The Bertz CT molecular complexity index is 259. The molecule has 0 aliphatic rings. The van der Waals surface area contributed by atoms with Crippen LogP contribution in [0.3, 0.4) is 0 Å². The van der Waals surface area contributed by atoms with Gasteiger partial charge >= 0.3 is 0 Å². The molecule has 0 aliphatic carbocycles. The van der Waals surface area contributed by atoms with Crippen LogP contribution in [0.4, 0.5) is 0 Å². The molecule has 0 aromatic heterocycles. The minimum absolute atomic E-state index is 0.0270. The Balaban J connectivity index is 3.01. The van der Waals surface area contributed by atoms with E-state index in [1.54, 1.807) is 7.11 Å². The second-order valence-corrected chi connectivity index (χ2v) is 7.72. The molecule has 0 atom stereocenters. The number of unbranched alkanes of at least 4 members (excludes halogenated alkanes) is 14. The van der Waals surface area contributed by atoms with Gasteiger partial charge in [-0.3, -0.25) is 4.79 Å². The predicted molar refractivity (Wildman–Crippen MR) is 106 cm³/mol. The fraction of sp³-hybridized carbons (Fsp3) is 0.950.